The lowest BCUT2D eigenvalue weighted by Gasteiger charge is -2.19. The molecule has 4 rings (SSSR count). The quantitative estimate of drug-likeness (QED) is 0.450. The molecule has 0 spiro atoms. The third kappa shape index (κ3) is 5.17. The largest absolute Gasteiger partial charge is 0.504 e. The zero-order chi connectivity index (χ0) is 24.1. The van der Waals surface area contributed by atoms with Crippen molar-refractivity contribution in [1.29, 1.82) is 0 Å². The molecular weight excluding hydrogens is 428 g/mol. The number of methoxy groups -OCH3 is 2. The fraction of sp³-hybridized carbons (Fsp3) is 0.250. The van der Waals surface area contributed by atoms with E-state index in [1.807, 2.05) is 41.4 Å². The number of nitrogens with zero attached hydrogens (tertiary/aromatic N) is 2. The van der Waals surface area contributed by atoms with E-state index in [9.17, 15) is 10.2 Å². The lowest BCUT2D eigenvalue weighted by Crippen LogP contribution is -2.11. The Morgan fingerprint density at radius 1 is 0.882 bits per heavy atom. The number of hydrazone groups is 1. The van der Waals surface area contributed by atoms with Crippen LogP contribution in [0, 0.1) is 6.92 Å². The molecule has 0 amide bonds. The van der Waals surface area contributed by atoms with E-state index in [4.69, 9.17) is 14.6 Å². The number of para-hydroxylation sites is 1. The molecule has 1 aliphatic rings. The molecule has 0 saturated carbocycles. The molecule has 3 aromatic rings. The van der Waals surface area contributed by atoms with E-state index in [0.29, 0.717) is 17.9 Å². The van der Waals surface area contributed by atoms with Gasteiger partial charge in [0.2, 0.25) is 0 Å². The topological polar surface area (TPSA) is 74.5 Å². The number of hydrogen-bond acceptors (Lipinski definition) is 6. The summed E-state index contributed by atoms with van der Waals surface area (Å²) in [7, 11) is 3.11. The number of phenolic OH excluding ortho intramolecular Hbond substituents is 2. The van der Waals surface area contributed by atoms with Gasteiger partial charge in [-0.25, -0.2) is 5.01 Å². The molecule has 6 heteroatoms. The first kappa shape index (κ1) is 23.2. The lowest BCUT2D eigenvalue weighted by atomic mass is 10.0. The average molecular weight is 459 g/mol. The van der Waals surface area contributed by atoms with Gasteiger partial charge in [0.15, 0.2) is 23.0 Å². The van der Waals surface area contributed by atoms with Crippen LogP contribution in [-0.4, -0.2) is 30.1 Å². The van der Waals surface area contributed by atoms with E-state index in [0.717, 1.165) is 53.0 Å². The van der Waals surface area contributed by atoms with Crippen molar-refractivity contribution in [2.24, 2.45) is 5.10 Å². The van der Waals surface area contributed by atoms with Crippen LogP contribution in [0.25, 0.3) is 0 Å². The van der Waals surface area contributed by atoms with Gasteiger partial charge in [0, 0.05) is 17.8 Å². The van der Waals surface area contributed by atoms with E-state index in [1.165, 1.54) is 0 Å². The van der Waals surface area contributed by atoms with Crippen LogP contribution in [0.1, 0.15) is 29.5 Å². The van der Waals surface area contributed by atoms with Crippen molar-refractivity contribution in [3.63, 3.8) is 0 Å². The first-order chi connectivity index (χ1) is 16.5. The number of hydrogen-bond donors (Lipinski definition) is 2. The summed E-state index contributed by atoms with van der Waals surface area (Å²) < 4.78 is 10.5. The molecule has 3 aromatic carbocycles. The minimum Gasteiger partial charge on any atom is -0.504 e. The Morgan fingerprint density at radius 2 is 1.53 bits per heavy atom. The predicted octanol–water partition coefficient (Wildman–Crippen LogP) is 5.75. The Bertz CT molecular complexity index is 1230. The number of rotatable bonds is 8. The molecule has 0 saturated heterocycles. The second kappa shape index (κ2) is 10.3. The standard InChI is InChI=1S/C28H30N2O4/c1-19-6-4-5-7-24(19)30-23(13-9-21-11-15-26(32)28(17-21)34-3)18-22(29-30)12-8-20-10-14-25(31)27(16-20)33-2/h4-7,10-11,13-17,31-32H,8-9,12,18H2,1-3H3. The molecule has 0 atom stereocenters. The summed E-state index contributed by atoms with van der Waals surface area (Å²) >= 11 is 0. The average Bonchev–Trinajstić information content (AvgIpc) is 3.26. The van der Waals surface area contributed by atoms with Crippen molar-refractivity contribution in [3.8, 4) is 23.0 Å². The number of aryl methyl sites for hydroxylation is 2. The van der Waals surface area contributed by atoms with Crippen LogP contribution in [0.3, 0.4) is 0 Å². The van der Waals surface area contributed by atoms with Gasteiger partial charge in [-0.2, -0.15) is 5.10 Å². The molecule has 0 radical (unpaired) electrons. The van der Waals surface area contributed by atoms with E-state index in [2.05, 4.69) is 25.1 Å². The number of allylic oxidation sites excluding steroid dienone is 2. The normalized spacial score (nSPS) is 14.4. The van der Waals surface area contributed by atoms with E-state index < -0.39 is 0 Å². The molecule has 2 N–H and O–H groups in total. The Balaban J connectivity index is 1.55. The monoisotopic (exact) mass is 458 g/mol. The number of anilines is 1. The summed E-state index contributed by atoms with van der Waals surface area (Å²) in [5, 5.41) is 26.7. The van der Waals surface area contributed by atoms with Crippen LogP contribution in [0.2, 0.25) is 0 Å². The second-order valence-electron chi connectivity index (χ2n) is 8.35. The molecule has 34 heavy (non-hydrogen) atoms. The van der Waals surface area contributed by atoms with Gasteiger partial charge in [-0.3, -0.25) is 0 Å². The van der Waals surface area contributed by atoms with E-state index >= 15 is 0 Å². The summed E-state index contributed by atoms with van der Waals surface area (Å²) in [6.07, 6.45) is 5.27. The Morgan fingerprint density at radius 3 is 2.21 bits per heavy atom. The van der Waals surface area contributed by atoms with Gasteiger partial charge >= 0.3 is 0 Å². The van der Waals surface area contributed by atoms with Crippen molar-refractivity contribution >= 4 is 11.4 Å². The molecule has 6 nitrogen and oxygen atoms in total. The van der Waals surface area contributed by atoms with Crippen LogP contribution >= 0.6 is 0 Å². The lowest BCUT2D eigenvalue weighted by molar-refractivity contribution is 0.373. The summed E-state index contributed by atoms with van der Waals surface area (Å²) in [5.41, 5.74) is 6.60. The maximum absolute atomic E-state index is 9.88. The maximum Gasteiger partial charge on any atom is 0.160 e. The fourth-order valence-corrected chi connectivity index (χ4v) is 4.08. The smallest absolute Gasteiger partial charge is 0.160 e. The van der Waals surface area contributed by atoms with Crippen molar-refractivity contribution in [2.75, 3.05) is 19.2 Å². The highest BCUT2D eigenvalue weighted by Crippen LogP contribution is 2.33. The highest BCUT2D eigenvalue weighted by molar-refractivity contribution is 5.92. The summed E-state index contributed by atoms with van der Waals surface area (Å²) in [4.78, 5) is 0. The second-order valence-corrected chi connectivity index (χ2v) is 8.35. The summed E-state index contributed by atoms with van der Waals surface area (Å²) in [6, 6.07) is 19.1. The van der Waals surface area contributed by atoms with E-state index in [-0.39, 0.29) is 11.5 Å². The molecule has 176 valence electrons. The Hall–Kier alpha value is -3.93. The summed E-state index contributed by atoms with van der Waals surface area (Å²) in [6.45, 7) is 2.09. The van der Waals surface area contributed by atoms with Crippen molar-refractivity contribution in [2.45, 2.75) is 32.6 Å². The van der Waals surface area contributed by atoms with Crippen LogP contribution < -0.4 is 14.5 Å². The van der Waals surface area contributed by atoms with Gasteiger partial charge in [-0.1, -0.05) is 36.4 Å². The maximum atomic E-state index is 9.88. The molecule has 1 aliphatic heterocycles. The van der Waals surface area contributed by atoms with E-state index in [1.54, 1.807) is 26.4 Å². The van der Waals surface area contributed by atoms with Crippen molar-refractivity contribution < 1.29 is 19.7 Å². The number of aromatic hydroxyl groups is 2. The summed E-state index contributed by atoms with van der Waals surface area (Å²) in [5.74, 6) is 1.24. The molecule has 0 unspecified atom stereocenters. The number of benzene rings is 3. The Kier molecular flexibility index (Phi) is 7.07. The molecule has 0 aliphatic carbocycles. The number of phenols is 2. The third-order valence-electron chi connectivity index (χ3n) is 6.01. The zero-order valence-electron chi connectivity index (χ0n) is 19.8. The van der Waals surface area contributed by atoms with Crippen LogP contribution in [0.4, 0.5) is 5.69 Å². The highest BCUT2D eigenvalue weighted by Gasteiger charge is 2.23. The first-order valence-corrected chi connectivity index (χ1v) is 11.3. The van der Waals surface area contributed by atoms with Gasteiger partial charge in [0.25, 0.3) is 0 Å². The van der Waals surface area contributed by atoms with Gasteiger partial charge in [0.1, 0.15) is 0 Å². The van der Waals surface area contributed by atoms with Crippen LogP contribution in [0.5, 0.6) is 23.0 Å². The highest BCUT2D eigenvalue weighted by atomic mass is 16.5. The van der Waals surface area contributed by atoms with Crippen LogP contribution in [0.15, 0.2) is 77.5 Å². The van der Waals surface area contributed by atoms with Gasteiger partial charge < -0.3 is 19.7 Å². The Labute approximate surface area is 200 Å². The molecule has 0 aromatic heterocycles. The van der Waals surface area contributed by atoms with Crippen molar-refractivity contribution in [1.82, 2.24) is 0 Å². The molecular formula is C28H30N2O4. The van der Waals surface area contributed by atoms with Gasteiger partial charge in [-0.05, 0) is 73.2 Å². The predicted molar refractivity (Wildman–Crippen MR) is 135 cm³/mol. The van der Waals surface area contributed by atoms with Gasteiger partial charge in [0.05, 0.1) is 19.9 Å². The van der Waals surface area contributed by atoms with Gasteiger partial charge in [-0.15, -0.1) is 0 Å². The fourth-order valence-electron chi connectivity index (χ4n) is 4.08. The molecule has 1 heterocycles. The van der Waals surface area contributed by atoms with Crippen molar-refractivity contribution in [3.05, 3.63) is 89.1 Å². The first-order valence-electron chi connectivity index (χ1n) is 11.3. The third-order valence-corrected chi connectivity index (χ3v) is 6.01. The number of ether oxygens (including phenoxy) is 2. The molecule has 0 fully saturated rings. The minimum absolute atomic E-state index is 0.137. The zero-order valence-corrected chi connectivity index (χ0v) is 19.8. The van der Waals surface area contributed by atoms with Crippen LogP contribution in [-0.2, 0) is 12.8 Å². The molecule has 0 bridgehead atoms. The minimum atomic E-state index is 0.137. The SMILES string of the molecule is COc1cc(CC=C2CC(CCc3ccc(O)c(OC)c3)=NN2c2ccccc2C)ccc1O.